The predicted molar refractivity (Wildman–Crippen MR) is 128 cm³/mol. The fraction of sp³-hybridized carbons (Fsp3) is 0.929. The molecule has 4 rings (SSSR count). The van der Waals surface area contributed by atoms with Crippen LogP contribution in [0.1, 0.15) is 106 Å². The Morgan fingerprint density at radius 3 is 2.50 bits per heavy atom. The quantitative estimate of drug-likeness (QED) is 0.520. The van der Waals surface area contributed by atoms with E-state index >= 15 is 0 Å². The van der Waals surface area contributed by atoms with Crippen LogP contribution < -0.4 is 5.32 Å². The average Bonchev–Trinajstić information content (AvgIpc) is 3.04. The van der Waals surface area contributed by atoms with E-state index in [0.29, 0.717) is 53.3 Å². The molecule has 0 heterocycles. The molecule has 4 aliphatic carbocycles. The van der Waals surface area contributed by atoms with Crippen molar-refractivity contribution >= 4 is 11.9 Å². The maximum absolute atomic E-state index is 13.5. The van der Waals surface area contributed by atoms with E-state index in [9.17, 15) is 9.59 Å². The Morgan fingerprint density at radius 1 is 1.06 bits per heavy atom. The number of nitrogens with one attached hydrogen (secondary N) is 1. The molecule has 0 aliphatic heterocycles. The third-order valence-electron chi connectivity index (χ3n) is 10.4. The molecule has 4 aliphatic rings. The van der Waals surface area contributed by atoms with E-state index < -0.39 is 5.60 Å². The van der Waals surface area contributed by atoms with Gasteiger partial charge in [0, 0.05) is 18.9 Å². The van der Waals surface area contributed by atoms with E-state index in [1.54, 1.807) is 0 Å². The first-order valence-corrected chi connectivity index (χ1v) is 13.5. The van der Waals surface area contributed by atoms with Gasteiger partial charge in [-0.15, -0.1) is 0 Å². The molecular weight excluding hydrogens is 398 g/mol. The Balaban J connectivity index is 1.41. The summed E-state index contributed by atoms with van der Waals surface area (Å²) in [4.78, 5) is 25.5. The first-order chi connectivity index (χ1) is 15.0. The fourth-order valence-electron chi connectivity index (χ4n) is 8.85. The summed E-state index contributed by atoms with van der Waals surface area (Å²) >= 11 is 0. The van der Waals surface area contributed by atoms with Gasteiger partial charge in [0.25, 0.3) is 0 Å². The Hall–Kier alpha value is -1.06. The number of hydrogen-bond acceptors (Lipinski definition) is 3. The third-order valence-corrected chi connectivity index (χ3v) is 10.4. The molecule has 4 saturated carbocycles. The molecule has 8 atom stereocenters. The largest absolute Gasteiger partial charge is 0.444 e. The molecule has 32 heavy (non-hydrogen) atoms. The number of Topliss-reactive ketones (excluding diaryl/α,β-unsaturated/α-hetero) is 1. The SMILES string of the molecule is CC(CCNC(=O)OC(C)(C)C)[C@H]1CCC2C3C(=O)CC4CCCC[C@]4(C)C3CC[C@@]21C. The summed E-state index contributed by atoms with van der Waals surface area (Å²) in [7, 11) is 0. The standard InChI is InChI=1S/C28H47NO3/c1-18(13-16-29-25(31)32-26(2,3)4)20-10-11-21-24-22(12-15-28(20,21)6)27(5)14-8-7-9-19(27)17-23(24)30/h18-22,24H,7-17H2,1-6H3,(H,29,31)/t18?,19?,20-,21?,22?,24?,27+,28-/m1/s1. The van der Waals surface area contributed by atoms with Crippen LogP contribution in [0.2, 0.25) is 0 Å². The number of ketones is 1. The highest BCUT2D eigenvalue weighted by molar-refractivity contribution is 5.83. The first kappa shape index (κ1) is 24.1. The number of carbonyl (C=O) groups excluding carboxylic acids is 2. The first-order valence-electron chi connectivity index (χ1n) is 13.5. The highest BCUT2D eigenvalue weighted by Crippen LogP contribution is 2.67. The fourth-order valence-corrected chi connectivity index (χ4v) is 8.85. The summed E-state index contributed by atoms with van der Waals surface area (Å²) < 4.78 is 5.39. The van der Waals surface area contributed by atoms with E-state index in [4.69, 9.17) is 4.74 Å². The molecule has 0 aromatic heterocycles. The highest BCUT2D eigenvalue weighted by Gasteiger charge is 2.62. The number of amides is 1. The summed E-state index contributed by atoms with van der Waals surface area (Å²) in [6.45, 7) is 13.8. The van der Waals surface area contributed by atoms with Crippen LogP contribution in [-0.4, -0.2) is 24.0 Å². The van der Waals surface area contributed by atoms with Gasteiger partial charge in [-0.3, -0.25) is 4.79 Å². The van der Waals surface area contributed by atoms with Gasteiger partial charge in [-0.1, -0.05) is 33.6 Å². The van der Waals surface area contributed by atoms with Gasteiger partial charge in [-0.05, 0) is 106 Å². The van der Waals surface area contributed by atoms with Gasteiger partial charge < -0.3 is 10.1 Å². The van der Waals surface area contributed by atoms with Gasteiger partial charge in [0.05, 0.1) is 0 Å². The second-order valence-corrected chi connectivity index (χ2v) is 13.3. The second kappa shape index (κ2) is 8.62. The number of ether oxygens (including phenoxy) is 1. The lowest BCUT2D eigenvalue weighted by molar-refractivity contribution is -0.156. The smallest absolute Gasteiger partial charge is 0.407 e. The molecule has 0 aromatic rings. The van der Waals surface area contributed by atoms with Crippen LogP contribution >= 0.6 is 0 Å². The summed E-state index contributed by atoms with van der Waals surface area (Å²) in [6, 6.07) is 0. The van der Waals surface area contributed by atoms with Crippen molar-refractivity contribution in [2.75, 3.05) is 6.54 Å². The number of fused-ring (bicyclic) bond motifs is 5. The Morgan fingerprint density at radius 2 is 1.78 bits per heavy atom. The second-order valence-electron chi connectivity index (χ2n) is 13.3. The maximum atomic E-state index is 13.5. The number of alkyl carbamates (subject to hydrolysis) is 1. The van der Waals surface area contributed by atoms with Crippen molar-refractivity contribution in [1.82, 2.24) is 5.32 Å². The molecule has 0 radical (unpaired) electrons. The minimum atomic E-state index is -0.457. The minimum absolute atomic E-state index is 0.278. The number of hydrogen-bond donors (Lipinski definition) is 1. The van der Waals surface area contributed by atoms with Gasteiger partial charge in [-0.25, -0.2) is 4.79 Å². The van der Waals surface area contributed by atoms with Gasteiger partial charge in [-0.2, -0.15) is 0 Å². The van der Waals surface area contributed by atoms with Crippen LogP contribution in [0, 0.1) is 46.3 Å². The molecule has 1 amide bonds. The molecule has 182 valence electrons. The zero-order chi connectivity index (χ0) is 23.3. The van der Waals surface area contributed by atoms with Crippen molar-refractivity contribution in [2.45, 2.75) is 111 Å². The van der Waals surface area contributed by atoms with Crippen molar-refractivity contribution < 1.29 is 14.3 Å². The summed E-state index contributed by atoms with van der Waals surface area (Å²) in [5.74, 6) is 3.95. The molecule has 0 saturated heterocycles. The molecule has 0 spiro atoms. The van der Waals surface area contributed by atoms with Crippen LogP contribution in [0.15, 0.2) is 0 Å². The van der Waals surface area contributed by atoms with E-state index in [1.807, 2.05) is 20.8 Å². The highest BCUT2D eigenvalue weighted by atomic mass is 16.6. The zero-order valence-electron chi connectivity index (χ0n) is 21.5. The lowest BCUT2D eigenvalue weighted by atomic mass is 9.44. The van der Waals surface area contributed by atoms with Crippen LogP contribution in [0.3, 0.4) is 0 Å². The lowest BCUT2D eigenvalue weighted by Crippen LogP contribution is -2.56. The zero-order valence-corrected chi connectivity index (χ0v) is 21.5. The van der Waals surface area contributed by atoms with Gasteiger partial charge in [0.15, 0.2) is 0 Å². The van der Waals surface area contributed by atoms with Crippen LogP contribution in [0.25, 0.3) is 0 Å². The number of rotatable bonds is 4. The predicted octanol–water partition coefficient (Wildman–Crippen LogP) is 6.77. The van der Waals surface area contributed by atoms with Crippen LogP contribution in [-0.2, 0) is 9.53 Å². The molecule has 4 heteroatoms. The molecule has 0 aromatic carbocycles. The number of carbonyl (C=O) groups is 2. The molecule has 4 nitrogen and oxygen atoms in total. The van der Waals surface area contributed by atoms with Crippen molar-refractivity contribution in [1.29, 1.82) is 0 Å². The van der Waals surface area contributed by atoms with E-state index in [1.165, 1.54) is 51.4 Å². The monoisotopic (exact) mass is 445 g/mol. The molecular formula is C28H47NO3. The Labute approximate surface area is 196 Å². The summed E-state index contributed by atoms with van der Waals surface area (Å²) in [5, 5.41) is 2.95. The Kier molecular flexibility index (Phi) is 6.48. The average molecular weight is 446 g/mol. The van der Waals surface area contributed by atoms with Crippen LogP contribution in [0.4, 0.5) is 4.79 Å². The van der Waals surface area contributed by atoms with Crippen molar-refractivity contribution in [2.24, 2.45) is 46.3 Å². The van der Waals surface area contributed by atoms with E-state index in [2.05, 4.69) is 26.1 Å². The lowest BCUT2D eigenvalue weighted by Gasteiger charge is -2.60. The maximum Gasteiger partial charge on any atom is 0.407 e. The topological polar surface area (TPSA) is 55.4 Å². The van der Waals surface area contributed by atoms with Crippen molar-refractivity contribution in [3.63, 3.8) is 0 Å². The van der Waals surface area contributed by atoms with Gasteiger partial charge in [0.1, 0.15) is 11.4 Å². The van der Waals surface area contributed by atoms with Crippen LogP contribution in [0.5, 0.6) is 0 Å². The van der Waals surface area contributed by atoms with Crippen molar-refractivity contribution in [3.05, 3.63) is 0 Å². The summed E-state index contributed by atoms with van der Waals surface area (Å²) in [5.41, 5.74) is 0.222. The molecule has 1 N–H and O–H groups in total. The van der Waals surface area contributed by atoms with Crippen molar-refractivity contribution in [3.8, 4) is 0 Å². The van der Waals surface area contributed by atoms with E-state index in [-0.39, 0.29) is 11.5 Å². The normalized spacial score (nSPS) is 42.4. The third kappa shape index (κ3) is 4.25. The molecule has 0 bridgehead atoms. The summed E-state index contributed by atoms with van der Waals surface area (Å²) in [6.07, 6.45) is 11.8. The Bertz CT molecular complexity index is 727. The van der Waals surface area contributed by atoms with E-state index in [0.717, 1.165) is 12.8 Å². The van der Waals surface area contributed by atoms with Gasteiger partial charge >= 0.3 is 6.09 Å². The minimum Gasteiger partial charge on any atom is -0.444 e. The molecule has 5 unspecified atom stereocenters. The van der Waals surface area contributed by atoms with Gasteiger partial charge in [0.2, 0.25) is 0 Å². The molecule has 4 fully saturated rings.